The first-order chi connectivity index (χ1) is 9.51. The Balaban J connectivity index is 1.99. The number of rotatable bonds is 8. The molecule has 0 aliphatic heterocycles. The van der Waals surface area contributed by atoms with Gasteiger partial charge in [0.2, 0.25) is 10.0 Å². The fourth-order valence-corrected chi connectivity index (χ4v) is 3.54. The van der Waals surface area contributed by atoms with Gasteiger partial charge in [0.15, 0.2) is 0 Å². The Morgan fingerprint density at radius 3 is 2.40 bits per heavy atom. The van der Waals surface area contributed by atoms with Crippen molar-refractivity contribution >= 4 is 10.0 Å². The predicted octanol–water partition coefficient (Wildman–Crippen LogP) is 2.08. The highest BCUT2D eigenvalue weighted by atomic mass is 32.2. The lowest BCUT2D eigenvalue weighted by Gasteiger charge is -2.15. The molecule has 112 valence electrons. The van der Waals surface area contributed by atoms with Crippen LogP contribution in [-0.4, -0.2) is 26.7 Å². The molecule has 0 atom stereocenters. The van der Waals surface area contributed by atoms with Gasteiger partial charge in [-0.25, -0.2) is 13.1 Å². The molecule has 0 heterocycles. The molecular formula is C15H23NO3S. The number of aliphatic hydroxyl groups is 1. The van der Waals surface area contributed by atoms with Crippen molar-refractivity contribution in [2.75, 3.05) is 13.2 Å². The molecule has 1 aromatic rings. The third-order valence-corrected chi connectivity index (χ3v) is 5.43. The summed E-state index contributed by atoms with van der Waals surface area (Å²) in [5, 5.41) is 8.99. The SMILES string of the molecule is CCCc1ccc(S(=O)(=O)NCC2(CCO)CC2)cc1. The Kier molecular flexibility index (Phi) is 4.83. The molecule has 1 aromatic carbocycles. The largest absolute Gasteiger partial charge is 0.396 e. The van der Waals surface area contributed by atoms with E-state index in [2.05, 4.69) is 11.6 Å². The van der Waals surface area contributed by atoms with E-state index in [1.54, 1.807) is 12.1 Å². The van der Waals surface area contributed by atoms with Crippen LogP contribution in [0.15, 0.2) is 29.2 Å². The lowest BCUT2D eigenvalue weighted by atomic mass is 10.0. The van der Waals surface area contributed by atoms with E-state index in [4.69, 9.17) is 5.11 Å². The minimum absolute atomic E-state index is 0.00995. The molecule has 2 N–H and O–H groups in total. The monoisotopic (exact) mass is 297 g/mol. The second-order valence-corrected chi connectivity index (χ2v) is 7.46. The molecule has 1 aliphatic rings. The number of hydrogen-bond donors (Lipinski definition) is 2. The van der Waals surface area contributed by atoms with E-state index in [0.717, 1.165) is 31.2 Å². The zero-order chi connectivity index (χ0) is 14.6. The Hall–Kier alpha value is -0.910. The van der Waals surface area contributed by atoms with E-state index in [1.165, 1.54) is 0 Å². The number of benzene rings is 1. The molecule has 0 saturated heterocycles. The van der Waals surface area contributed by atoms with Crippen LogP contribution in [0.5, 0.6) is 0 Å². The second-order valence-electron chi connectivity index (χ2n) is 5.69. The van der Waals surface area contributed by atoms with Gasteiger partial charge in [0.05, 0.1) is 4.90 Å². The summed E-state index contributed by atoms with van der Waals surface area (Å²) in [5.74, 6) is 0. The highest BCUT2D eigenvalue weighted by molar-refractivity contribution is 7.89. The van der Waals surface area contributed by atoms with Crippen molar-refractivity contribution in [1.29, 1.82) is 0 Å². The van der Waals surface area contributed by atoms with Crippen molar-refractivity contribution in [3.05, 3.63) is 29.8 Å². The van der Waals surface area contributed by atoms with Crippen LogP contribution in [0.3, 0.4) is 0 Å². The zero-order valence-corrected chi connectivity index (χ0v) is 12.7. The Bertz CT molecular complexity index is 533. The molecule has 1 saturated carbocycles. The number of hydrogen-bond acceptors (Lipinski definition) is 3. The van der Waals surface area contributed by atoms with E-state index in [0.29, 0.717) is 17.9 Å². The van der Waals surface area contributed by atoms with Gasteiger partial charge in [-0.2, -0.15) is 0 Å². The minimum Gasteiger partial charge on any atom is -0.396 e. The fraction of sp³-hybridized carbons (Fsp3) is 0.600. The van der Waals surface area contributed by atoms with Gasteiger partial charge in [-0.15, -0.1) is 0 Å². The maximum Gasteiger partial charge on any atom is 0.240 e. The van der Waals surface area contributed by atoms with Gasteiger partial charge in [-0.05, 0) is 48.8 Å². The van der Waals surface area contributed by atoms with Crippen LogP contribution < -0.4 is 4.72 Å². The molecule has 0 spiro atoms. The van der Waals surface area contributed by atoms with Crippen molar-refractivity contribution in [3.63, 3.8) is 0 Å². The smallest absolute Gasteiger partial charge is 0.240 e. The molecule has 0 unspecified atom stereocenters. The average molecular weight is 297 g/mol. The number of aryl methyl sites for hydroxylation is 1. The molecule has 0 amide bonds. The van der Waals surface area contributed by atoms with Crippen LogP contribution in [-0.2, 0) is 16.4 Å². The summed E-state index contributed by atoms with van der Waals surface area (Å²) in [7, 11) is -3.44. The maximum atomic E-state index is 12.2. The summed E-state index contributed by atoms with van der Waals surface area (Å²) >= 11 is 0. The van der Waals surface area contributed by atoms with Crippen molar-refractivity contribution in [2.45, 2.75) is 43.9 Å². The molecule has 2 rings (SSSR count). The highest BCUT2D eigenvalue weighted by Gasteiger charge is 2.42. The Morgan fingerprint density at radius 1 is 1.25 bits per heavy atom. The normalized spacial score (nSPS) is 17.1. The summed E-state index contributed by atoms with van der Waals surface area (Å²) in [6, 6.07) is 7.08. The van der Waals surface area contributed by atoms with Crippen LogP contribution in [0.4, 0.5) is 0 Å². The summed E-state index contributed by atoms with van der Waals surface area (Å²) in [6.45, 7) is 2.64. The topological polar surface area (TPSA) is 66.4 Å². The zero-order valence-electron chi connectivity index (χ0n) is 11.9. The molecule has 0 radical (unpaired) electrons. The van der Waals surface area contributed by atoms with Gasteiger partial charge in [0.25, 0.3) is 0 Å². The van der Waals surface area contributed by atoms with Crippen LogP contribution >= 0.6 is 0 Å². The van der Waals surface area contributed by atoms with E-state index >= 15 is 0 Å². The lowest BCUT2D eigenvalue weighted by Crippen LogP contribution is -2.30. The quantitative estimate of drug-likeness (QED) is 0.772. The first kappa shape index (κ1) is 15.5. The van der Waals surface area contributed by atoms with E-state index in [9.17, 15) is 8.42 Å². The predicted molar refractivity (Wildman–Crippen MR) is 79.0 cm³/mol. The molecule has 20 heavy (non-hydrogen) atoms. The van der Waals surface area contributed by atoms with Crippen LogP contribution in [0, 0.1) is 5.41 Å². The van der Waals surface area contributed by atoms with E-state index in [1.807, 2.05) is 12.1 Å². The second kappa shape index (κ2) is 6.24. The minimum atomic E-state index is -3.44. The van der Waals surface area contributed by atoms with Crippen LogP contribution in [0.25, 0.3) is 0 Å². The van der Waals surface area contributed by atoms with Gasteiger partial charge in [-0.1, -0.05) is 25.5 Å². The summed E-state index contributed by atoms with van der Waals surface area (Å²) in [6.07, 6.45) is 4.67. The molecule has 5 heteroatoms. The number of sulfonamides is 1. The van der Waals surface area contributed by atoms with Crippen LogP contribution in [0.1, 0.15) is 38.2 Å². The highest BCUT2D eigenvalue weighted by Crippen LogP contribution is 2.48. The van der Waals surface area contributed by atoms with Gasteiger partial charge in [0.1, 0.15) is 0 Å². The number of aliphatic hydroxyl groups excluding tert-OH is 1. The third kappa shape index (κ3) is 3.81. The Morgan fingerprint density at radius 2 is 1.90 bits per heavy atom. The Labute approximate surface area is 121 Å². The van der Waals surface area contributed by atoms with Crippen molar-refractivity contribution in [1.82, 2.24) is 4.72 Å². The molecule has 4 nitrogen and oxygen atoms in total. The molecular weight excluding hydrogens is 274 g/mol. The van der Waals surface area contributed by atoms with Gasteiger partial charge in [0, 0.05) is 13.2 Å². The average Bonchev–Trinajstić information content (AvgIpc) is 3.19. The van der Waals surface area contributed by atoms with Crippen molar-refractivity contribution < 1.29 is 13.5 Å². The van der Waals surface area contributed by atoms with Crippen molar-refractivity contribution in [2.24, 2.45) is 5.41 Å². The molecule has 1 fully saturated rings. The summed E-state index contributed by atoms with van der Waals surface area (Å²) < 4.78 is 27.1. The lowest BCUT2D eigenvalue weighted by molar-refractivity contribution is 0.249. The first-order valence-corrected chi connectivity index (χ1v) is 8.69. The molecule has 0 aromatic heterocycles. The fourth-order valence-electron chi connectivity index (χ4n) is 2.38. The van der Waals surface area contributed by atoms with E-state index < -0.39 is 10.0 Å². The van der Waals surface area contributed by atoms with E-state index in [-0.39, 0.29) is 12.0 Å². The first-order valence-electron chi connectivity index (χ1n) is 7.21. The van der Waals surface area contributed by atoms with Gasteiger partial charge in [-0.3, -0.25) is 0 Å². The summed E-state index contributed by atoms with van der Waals surface area (Å²) in [5.41, 5.74) is 1.15. The van der Waals surface area contributed by atoms with Crippen LogP contribution in [0.2, 0.25) is 0 Å². The standard InChI is InChI=1S/C15H23NO3S/c1-2-3-13-4-6-14(7-5-13)20(18,19)16-12-15(8-9-15)10-11-17/h4-7,16-17H,2-3,8-12H2,1H3. The maximum absolute atomic E-state index is 12.2. The summed E-state index contributed by atoms with van der Waals surface area (Å²) in [4.78, 5) is 0.317. The third-order valence-electron chi connectivity index (χ3n) is 4.01. The van der Waals surface area contributed by atoms with Gasteiger partial charge >= 0.3 is 0 Å². The number of nitrogens with one attached hydrogen (secondary N) is 1. The van der Waals surface area contributed by atoms with Gasteiger partial charge < -0.3 is 5.11 Å². The van der Waals surface area contributed by atoms with Crippen molar-refractivity contribution in [3.8, 4) is 0 Å². The molecule has 0 bridgehead atoms. The molecule has 1 aliphatic carbocycles.